The lowest BCUT2D eigenvalue weighted by Crippen LogP contribution is -2.37. The molecular weight excluding hydrogens is 210 g/mol. The summed E-state index contributed by atoms with van der Waals surface area (Å²) in [6, 6.07) is 0. The number of nitrogens with one attached hydrogen (secondary N) is 1. The highest BCUT2D eigenvalue weighted by molar-refractivity contribution is 7.11. The minimum absolute atomic E-state index is 0.167. The van der Waals surface area contributed by atoms with Crippen LogP contribution >= 0.6 is 11.3 Å². The molecule has 4 nitrogen and oxygen atoms in total. The number of hydrogen-bond donors (Lipinski definition) is 1. The lowest BCUT2D eigenvalue weighted by Gasteiger charge is -2.19. The summed E-state index contributed by atoms with van der Waals surface area (Å²) in [5.74, 6) is 0. The Morgan fingerprint density at radius 3 is 2.53 bits per heavy atom. The molecule has 0 aliphatic carbocycles. The standard InChI is InChI=1S/C10H19N3OS/c1-10(2,3)11-6-5-8-12-13-9(15-8)7-14-4/h11H,5-7H2,1-4H3. The zero-order valence-electron chi connectivity index (χ0n) is 9.83. The molecule has 0 radical (unpaired) electrons. The second-order valence-electron chi connectivity index (χ2n) is 4.45. The van der Waals surface area contributed by atoms with Crippen LogP contribution in [0, 0.1) is 0 Å². The number of rotatable bonds is 5. The van der Waals surface area contributed by atoms with Crippen molar-refractivity contribution < 1.29 is 4.74 Å². The van der Waals surface area contributed by atoms with Crippen molar-refractivity contribution in [2.24, 2.45) is 0 Å². The average molecular weight is 229 g/mol. The van der Waals surface area contributed by atoms with Crippen molar-refractivity contribution in [3.63, 3.8) is 0 Å². The summed E-state index contributed by atoms with van der Waals surface area (Å²) < 4.78 is 4.99. The highest BCUT2D eigenvalue weighted by atomic mass is 32.1. The van der Waals surface area contributed by atoms with Gasteiger partial charge < -0.3 is 10.1 Å². The largest absolute Gasteiger partial charge is 0.377 e. The van der Waals surface area contributed by atoms with Crippen molar-refractivity contribution >= 4 is 11.3 Å². The van der Waals surface area contributed by atoms with Crippen molar-refractivity contribution in [2.75, 3.05) is 13.7 Å². The fraction of sp³-hybridized carbons (Fsp3) is 0.800. The Morgan fingerprint density at radius 1 is 1.27 bits per heavy atom. The SMILES string of the molecule is COCc1nnc(CCNC(C)(C)C)s1. The first-order valence-corrected chi connectivity index (χ1v) is 5.88. The van der Waals surface area contributed by atoms with Crippen molar-refractivity contribution in [1.82, 2.24) is 15.5 Å². The molecule has 0 spiro atoms. The van der Waals surface area contributed by atoms with Gasteiger partial charge in [-0.1, -0.05) is 11.3 Å². The molecule has 0 amide bonds. The molecule has 0 aliphatic heterocycles. The lowest BCUT2D eigenvalue weighted by atomic mass is 10.1. The van der Waals surface area contributed by atoms with E-state index in [0.717, 1.165) is 23.0 Å². The number of methoxy groups -OCH3 is 1. The minimum Gasteiger partial charge on any atom is -0.377 e. The van der Waals surface area contributed by atoms with Crippen molar-refractivity contribution in [1.29, 1.82) is 0 Å². The van der Waals surface area contributed by atoms with E-state index in [0.29, 0.717) is 6.61 Å². The summed E-state index contributed by atoms with van der Waals surface area (Å²) in [5.41, 5.74) is 0.167. The number of hydrogen-bond acceptors (Lipinski definition) is 5. The molecule has 0 atom stereocenters. The van der Waals surface area contributed by atoms with E-state index in [1.165, 1.54) is 0 Å². The molecule has 0 bridgehead atoms. The smallest absolute Gasteiger partial charge is 0.143 e. The van der Waals surface area contributed by atoms with Crippen LogP contribution < -0.4 is 5.32 Å². The first-order chi connectivity index (χ1) is 7.01. The van der Waals surface area contributed by atoms with Crippen LogP contribution in [0.25, 0.3) is 0 Å². The van der Waals surface area contributed by atoms with Gasteiger partial charge in [-0.05, 0) is 20.8 Å². The fourth-order valence-electron chi connectivity index (χ4n) is 1.12. The van der Waals surface area contributed by atoms with Gasteiger partial charge in [0.2, 0.25) is 0 Å². The van der Waals surface area contributed by atoms with Crippen LogP contribution in [-0.2, 0) is 17.8 Å². The molecule has 0 fully saturated rings. The van der Waals surface area contributed by atoms with Crippen molar-refractivity contribution in [2.45, 2.75) is 39.3 Å². The van der Waals surface area contributed by atoms with E-state index in [9.17, 15) is 0 Å². The van der Waals surface area contributed by atoms with E-state index in [4.69, 9.17) is 4.74 Å². The molecule has 1 N–H and O–H groups in total. The third kappa shape index (κ3) is 5.20. The lowest BCUT2D eigenvalue weighted by molar-refractivity contribution is 0.184. The Bertz CT molecular complexity index is 293. The van der Waals surface area contributed by atoms with Gasteiger partial charge in [0.25, 0.3) is 0 Å². The van der Waals surface area contributed by atoms with Gasteiger partial charge in [0.1, 0.15) is 10.0 Å². The van der Waals surface area contributed by atoms with Gasteiger partial charge in [0, 0.05) is 25.6 Å². The van der Waals surface area contributed by atoms with Gasteiger partial charge in [0.05, 0.1) is 6.61 Å². The average Bonchev–Trinajstić information content (AvgIpc) is 2.51. The molecule has 1 aromatic heterocycles. The van der Waals surface area contributed by atoms with Gasteiger partial charge in [-0.25, -0.2) is 0 Å². The first-order valence-electron chi connectivity index (χ1n) is 5.06. The molecule has 1 rings (SSSR count). The summed E-state index contributed by atoms with van der Waals surface area (Å²) >= 11 is 1.62. The maximum Gasteiger partial charge on any atom is 0.143 e. The van der Waals surface area contributed by atoms with E-state index in [1.807, 2.05) is 0 Å². The van der Waals surface area contributed by atoms with Crippen LogP contribution in [0.4, 0.5) is 0 Å². The van der Waals surface area contributed by atoms with Gasteiger partial charge in [-0.3, -0.25) is 0 Å². The predicted octanol–water partition coefficient (Wildman–Crippen LogP) is 1.62. The maximum atomic E-state index is 4.99. The molecule has 0 saturated heterocycles. The molecule has 0 unspecified atom stereocenters. The van der Waals surface area contributed by atoms with E-state index >= 15 is 0 Å². The van der Waals surface area contributed by atoms with Gasteiger partial charge in [0.15, 0.2) is 0 Å². The highest BCUT2D eigenvalue weighted by Gasteiger charge is 2.09. The quantitative estimate of drug-likeness (QED) is 0.833. The van der Waals surface area contributed by atoms with E-state index in [-0.39, 0.29) is 5.54 Å². The topological polar surface area (TPSA) is 47.0 Å². The molecule has 1 heterocycles. The second-order valence-corrected chi connectivity index (χ2v) is 5.60. The Kier molecular flexibility index (Phi) is 4.63. The van der Waals surface area contributed by atoms with E-state index < -0.39 is 0 Å². The van der Waals surface area contributed by atoms with E-state index in [2.05, 4.69) is 36.3 Å². The predicted molar refractivity (Wildman–Crippen MR) is 62.1 cm³/mol. The monoisotopic (exact) mass is 229 g/mol. The Labute approximate surface area is 95.1 Å². The van der Waals surface area contributed by atoms with Gasteiger partial charge in [-0.15, -0.1) is 10.2 Å². The Morgan fingerprint density at radius 2 is 1.93 bits per heavy atom. The van der Waals surface area contributed by atoms with Crippen LogP contribution in [0.2, 0.25) is 0 Å². The summed E-state index contributed by atoms with van der Waals surface area (Å²) in [6.07, 6.45) is 0.929. The van der Waals surface area contributed by atoms with E-state index in [1.54, 1.807) is 18.4 Å². The second kappa shape index (κ2) is 5.53. The third-order valence-electron chi connectivity index (χ3n) is 1.77. The highest BCUT2D eigenvalue weighted by Crippen LogP contribution is 2.11. The molecule has 0 aromatic carbocycles. The Hall–Kier alpha value is -0.520. The summed E-state index contributed by atoms with van der Waals surface area (Å²) in [5, 5.41) is 13.6. The fourth-order valence-corrected chi connectivity index (χ4v) is 1.93. The zero-order valence-corrected chi connectivity index (χ0v) is 10.6. The third-order valence-corrected chi connectivity index (χ3v) is 2.73. The molecule has 0 saturated carbocycles. The Balaban J connectivity index is 2.31. The van der Waals surface area contributed by atoms with Crippen LogP contribution in [0.15, 0.2) is 0 Å². The molecule has 1 aromatic rings. The molecular formula is C10H19N3OS. The minimum atomic E-state index is 0.167. The van der Waals surface area contributed by atoms with Crippen molar-refractivity contribution in [3.05, 3.63) is 10.0 Å². The van der Waals surface area contributed by atoms with Crippen LogP contribution in [0.5, 0.6) is 0 Å². The summed E-state index contributed by atoms with van der Waals surface area (Å²) in [6.45, 7) is 7.96. The molecule has 86 valence electrons. The van der Waals surface area contributed by atoms with Crippen LogP contribution in [-0.4, -0.2) is 29.4 Å². The van der Waals surface area contributed by atoms with Gasteiger partial charge in [-0.2, -0.15) is 0 Å². The number of ether oxygens (including phenoxy) is 1. The number of nitrogens with zero attached hydrogens (tertiary/aromatic N) is 2. The number of aromatic nitrogens is 2. The maximum absolute atomic E-state index is 4.99. The zero-order chi connectivity index (χ0) is 11.3. The summed E-state index contributed by atoms with van der Waals surface area (Å²) in [4.78, 5) is 0. The van der Waals surface area contributed by atoms with Crippen LogP contribution in [0.1, 0.15) is 30.8 Å². The normalized spacial score (nSPS) is 12.0. The van der Waals surface area contributed by atoms with Crippen molar-refractivity contribution in [3.8, 4) is 0 Å². The molecule has 0 aliphatic rings. The molecule has 15 heavy (non-hydrogen) atoms. The van der Waals surface area contributed by atoms with Gasteiger partial charge >= 0.3 is 0 Å². The first kappa shape index (κ1) is 12.5. The molecule has 5 heteroatoms. The summed E-state index contributed by atoms with van der Waals surface area (Å²) in [7, 11) is 1.67. The van der Waals surface area contributed by atoms with Crippen LogP contribution in [0.3, 0.4) is 0 Å².